The summed E-state index contributed by atoms with van der Waals surface area (Å²) >= 11 is -1.04. The number of hydrogen-bond acceptors (Lipinski definition) is 2. The normalized spacial score (nSPS) is 13.5. The van der Waals surface area contributed by atoms with Crippen molar-refractivity contribution in [1.82, 2.24) is 0 Å². The van der Waals surface area contributed by atoms with Crippen LogP contribution in [0, 0.1) is 0 Å². The second-order valence-electron chi connectivity index (χ2n) is 5.23. The van der Waals surface area contributed by atoms with Crippen LogP contribution in [0.25, 0.3) is 0 Å². The van der Waals surface area contributed by atoms with E-state index >= 15 is 0 Å². The van der Waals surface area contributed by atoms with Crippen LogP contribution in [0.1, 0.15) is 0 Å². The Hall–Kier alpha value is -1.88. The van der Waals surface area contributed by atoms with Gasteiger partial charge in [0.2, 0.25) is 0 Å². The monoisotopic (exact) mass is 342 g/mol. The van der Waals surface area contributed by atoms with Gasteiger partial charge in [0.05, 0.1) is 0 Å². The lowest BCUT2D eigenvalue weighted by Gasteiger charge is -2.25. The summed E-state index contributed by atoms with van der Waals surface area (Å²) < 4.78 is 25.6. The van der Waals surface area contributed by atoms with Crippen LogP contribution in [0.5, 0.6) is 0 Å². The molecule has 1 unspecified atom stereocenters. The van der Waals surface area contributed by atoms with Gasteiger partial charge in [-0.15, -0.1) is 0 Å². The van der Waals surface area contributed by atoms with Gasteiger partial charge in [-0.3, -0.25) is 4.21 Å². The van der Waals surface area contributed by atoms with Crippen LogP contribution in [0.4, 0.5) is 0 Å². The van der Waals surface area contributed by atoms with E-state index in [1.54, 1.807) is 18.4 Å². The Balaban J connectivity index is 2.19. The van der Waals surface area contributed by atoms with Crippen molar-refractivity contribution in [3.63, 3.8) is 0 Å². The zero-order valence-electron chi connectivity index (χ0n) is 12.8. The Labute approximate surface area is 140 Å². The van der Waals surface area contributed by atoms with Gasteiger partial charge in [0.1, 0.15) is 6.26 Å². The van der Waals surface area contributed by atoms with Crippen LogP contribution in [-0.2, 0) is 21.1 Å². The summed E-state index contributed by atoms with van der Waals surface area (Å²) in [6, 6.07) is 26.3. The highest BCUT2D eigenvalue weighted by molar-refractivity contribution is 8.03. The van der Waals surface area contributed by atoms with Gasteiger partial charge in [0, 0.05) is 14.7 Å². The minimum atomic E-state index is -2.93. The fraction of sp³-hybridized carbons (Fsp3) is 0.0526. The average molecular weight is 342 g/mol. The molecular weight excluding hydrogens is 324 g/mol. The largest absolute Gasteiger partial charge is 0.612 e. The molecule has 0 aliphatic carbocycles. The van der Waals surface area contributed by atoms with E-state index in [1.807, 2.05) is 72.8 Å². The molecule has 2 nitrogen and oxygen atoms in total. The molecule has 0 bridgehead atoms. The first-order valence-electron chi connectivity index (χ1n) is 7.28. The van der Waals surface area contributed by atoms with Crippen LogP contribution < -0.4 is 0 Å². The summed E-state index contributed by atoms with van der Waals surface area (Å²) in [6.45, 7) is 0. The summed E-state index contributed by atoms with van der Waals surface area (Å²) in [6.07, 6.45) is 1.64. The van der Waals surface area contributed by atoms with E-state index in [9.17, 15) is 8.76 Å². The lowest BCUT2D eigenvalue weighted by atomic mass is 10.4. The number of rotatable bonds is 4. The SMILES string of the molecule is C[S+]([O-])c1ccc([SH](=O)(c2ccccc2)c2ccccc2)cc1. The molecule has 3 rings (SSSR count). The second kappa shape index (κ2) is 6.71. The maximum Gasteiger partial charge on any atom is 0.152 e. The molecule has 0 amide bonds. The maximum atomic E-state index is 14.0. The van der Waals surface area contributed by atoms with Gasteiger partial charge in [0.25, 0.3) is 0 Å². The fourth-order valence-corrected chi connectivity index (χ4v) is 5.74. The van der Waals surface area contributed by atoms with E-state index in [2.05, 4.69) is 0 Å². The first-order chi connectivity index (χ1) is 11.1. The number of benzene rings is 3. The summed E-state index contributed by atoms with van der Waals surface area (Å²) in [5, 5.41) is 0. The maximum absolute atomic E-state index is 14.0. The zero-order chi connectivity index (χ0) is 16.3. The van der Waals surface area contributed by atoms with Crippen molar-refractivity contribution in [3.05, 3.63) is 84.9 Å². The number of hydrogen-bond donors (Lipinski definition) is 1. The standard InChI is InChI=1S/C19H18O2S2/c1-22(20)16-12-14-19(15-13-16)23(21,17-8-4-2-5-9-17)18-10-6-3-7-11-18/h2-15,23H,1H3. The zero-order valence-corrected chi connectivity index (χ0v) is 14.5. The Morgan fingerprint density at radius 3 is 1.48 bits per heavy atom. The molecule has 0 saturated heterocycles. The summed E-state index contributed by atoms with van der Waals surface area (Å²) in [7, 11) is -2.93. The molecule has 0 aromatic heterocycles. The van der Waals surface area contributed by atoms with Gasteiger partial charge in [-0.1, -0.05) is 36.4 Å². The van der Waals surface area contributed by atoms with Gasteiger partial charge in [-0.25, -0.2) is 0 Å². The first-order valence-corrected chi connectivity index (χ1v) is 10.5. The molecule has 0 fully saturated rings. The third kappa shape index (κ3) is 3.11. The van der Waals surface area contributed by atoms with Crippen LogP contribution in [0.2, 0.25) is 0 Å². The van der Waals surface area contributed by atoms with Crippen molar-refractivity contribution in [2.24, 2.45) is 0 Å². The molecular formula is C19H18O2S2. The van der Waals surface area contributed by atoms with Crippen molar-refractivity contribution < 1.29 is 8.76 Å². The van der Waals surface area contributed by atoms with Gasteiger partial charge in [-0.2, -0.15) is 0 Å². The molecule has 3 aromatic carbocycles. The topological polar surface area (TPSA) is 40.1 Å². The molecule has 0 heterocycles. The number of thiol groups is 1. The Bertz CT molecular complexity index is 770. The molecule has 0 radical (unpaired) electrons. The Morgan fingerprint density at radius 1 is 0.696 bits per heavy atom. The highest BCUT2D eigenvalue weighted by Crippen LogP contribution is 2.36. The van der Waals surface area contributed by atoms with E-state index in [1.165, 1.54) is 0 Å². The van der Waals surface area contributed by atoms with Crippen LogP contribution in [-0.4, -0.2) is 15.0 Å². The quantitative estimate of drug-likeness (QED) is 0.577. The highest BCUT2D eigenvalue weighted by Gasteiger charge is 2.23. The molecule has 4 heteroatoms. The molecule has 0 spiro atoms. The van der Waals surface area contributed by atoms with Crippen molar-refractivity contribution in [3.8, 4) is 0 Å². The van der Waals surface area contributed by atoms with Gasteiger partial charge >= 0.3 is 0 Å². The molecule has 23 heavy (non-hydrogen) atoms. The average Bonchev–Trinajstić information content (AvgIpc) is 2.62. The lowest BCUT2D eigenvalue weighted by molar-refractivity contribution is 0.600. The minimum Gasteiger partial charge on any atom is -0.612 e. The molecule has 1 atom stereocenters. The van der Waals surface area contributed by atoms with Crippen LogP contribution in [0.3, 0.4) is 0 Å². The van der Waals surface area contributed by atoms with Crippen LogP contribution in [0.15, 0.2) is 105 Å². The second-order valence-corrected chi connectivity index (χ2v) is 9.38. The molecule has 118 valence electrons. The molecule has 3 aromatic rings. The first kappa shape index (κ1) is 16.0. The molecule has 0 N–H and O–H groups in total. The third-order valence-corrected chi connectivity index (χ3v) is 7.78. The predicted octanol–water partition coefficient (Wildman–Crippen LogP) is 3.92. The third-order valence-electron chi connectivity index (χ3n) is 3.77. The molecule has 0 aliphatic heterocycles. The van der Waals surface area contributed by atoms with E-state index in [-0.39, 0.29) is 0 Å². The van der Waals surface area contributed by atoms with Gasteiger partial charge < -0.3 is 4.55 Å². The smallest absolute Gasteiger partial charge is 0.152 e. The lowest BCUT2D eigenvalue weighted by Crippen LogP contribution is -2.14. The van der Waals surface area contributed by atoms with E-state index in [0.29, 0.717) is 0 Å². The van der Waals surface area contributed by atoms with Crippen molar-refractivity contribution >= 4 is 21.1 Å². The van der Waals surface area contributed by atoms with Crippen molar-refractivity contribution in [1.29, 1.82) is 0 Å². The van der Waals surface area contributed by atoms with Crippen molar-refractivity contribution in [2.45, 2.75) is 19.6 Å². The minimum absolute atomic E-state index is 0.737. The molecule has 0 aliphatic rings. The summed E-state index contributed by atoms with van der Waals surface area (Å²) in [4.78, 5) is 3.10. The molecule has 0 saturated carbocycles. The van der Waals surface area contributed by atoms with Gasteiger partial charge in [-0.05, 0) is 69.6 Å². The van der Waals surface area contributed by atoms with E-state index in [4.69, 9.17) is 0 Å². The highest BCUT2D eigenvalue weighted by atomic mass is 32.2. The van der Waals surface area contributed by atoms with Gasteiger partial charge in [0.15, 0.2) is 4.90 Å². The van der Waals surface area contributed by atoms with E-state index in [0.717, 1.165) is 19.6 Å². The summed E-state index contributed by atoms with van der Waals surface area (Å²) in [5.74, 6) is 0. The van der Waals surface area contributed by atoms with Crippen molar-refractivity contribution in [2.75, 3.05) is 6.26 Å². The van der Waals surface area contributed by atoms with Crippen LogP contribution >= 0.6 is 0 Å². The Morgan fingerprint density at radius 2 is 1.09 bits per heavy atom. The Kier molecular flexibility index (Phi) is 4.66. The fourth-order valence-electron chi connectivity index (χ4n) is 2.57. The summed E-state index contributed by atoms with van der Waals surface area (Å²) in [5.41, 5.74) is 0. The van der Waals surface area contributed by atoms with E-state index < -0.39 is 21.1 Å². The predicted molar refractivity (Wildman–Crippen MR) is 96.0 cm³/mol.